The largest absolute Gasteiger partial charge is 0.497 e. The number of carbonyl (C=O) groups is 2. The van der Waals surface area contributed by atoms with Gasteiger partial charge in [-0.3, -0.25) is 9.59 Å². The number of carbonyl (C=O) groups excluding carboxylic acids is 2. The molecule has 3 aliphatic rings. The molecule has 3 heterocycles. The number of ether oxygens (including phenoxy) is 2. The lowest BCUT2D eigenvalue weighted by Crippen LogP contribution is -2.45. The molecule has 5 rings (SSSR count). The molecule has 1 atom stereocenters. The van der Waals surface area contributed by atoms with Gasteiger partial charge in [0.25, 0.3) is 5.91 Å². The van der Waals surface area contributed by atoms with Crippen molar-refractivity contribution in [1.29, 1.82) is 0 Å². The Kier molecular flexibility index (Phi) is 6.35. The van der Waals surface area contributed by atoms with Gasteiger partial charge in [-0.1, -0.05) is 25.0 Å². The Morgan fingerprint density at radius 2 is 1.82 bits per heavy atom. The van der Waals surface area contributed by atoms with Crippen molar-refractivity contribution in [3.8, 4) is 5.75 Å². The summed E-state index contributed by atoms with van der Waals surface area (Å²) in [5.41, 5.74) is 2.36. The number of rotatable bonds is 5. The van der Waals surface area contributed by atoms with Crippen molar-refractivity contribution in [3.63, 3.8) is 0 Å². The lowest BCUT2D eigenvalue weighted by Gasteiger charge is -2.32. The molecule has 33 heavy (non-hydrogen) atoms. The molecule has 8 heteroatoms. The van der Waals surface area contributed by atoms with Crippen LogP contribution in [-0.2, 0) is 22.7 Å². The number of methoxy groups -OCH3 is 1. The average Bonchev–Trinajstić information content (AvgIpc) is 3.53. The molecule has 2 fully saturated rings. The van der Waals surface area contributed by atoms with E-state index < -0.39 is 0 Å². The highest BCUT2D eigenvalue weighted by Gasteiger charge is 2.33. The van der Waals surface area contributed by atoms with Crippen LogP contribution in [0.5, 0.6) is 5.75 Å². The van der Waals surface area contributed by atoms with Crippen molar-refractivity contribution in [2.45, 2.75) is 63.8 Å². The van der Waals surface area contributed by atoms with Gasteiger partial charge in [0.2, 0.25) is 5.91 Å². The predicted molar refractivity (Wildman–Crippen MR) is 122 cm³/mol. The Bertz CT molecular complexity index is 988. The van der Waals surface area contributed by atoms with Crippen molar-refractivity contribution in [1.82, 2.24) is 19.8 Å². The van der Waals surface area contributed by atoms with E-state index in [1.54, 1.807) is 13.4 Å². The fourth-order valence-corrected chi connectivity index (χ4v) is 5.21. The molecular weight excluding hydrogens is 420 g/mol. The molecule has 0 unspecified atom stereocenters. The van der Waals surface area contributed by atoms with Crippen LogP contribution in [0.2, 0.25) is 0 Å². The Morgan fingerprint density at radius 3 is 2.52 bits per heavy atom. The van der Waals surface area contributed by atoms with Crippen molar-refractivity contribution >= 4 is 11.8 Å². The summed E-state index contributed by atoms with van der Waals surface area (Å²) in [5.74, 6) is 0.904. The maximum atomic E-state index is 13.2. The van der Waals surface area contributed by atoms with Gasteiger partial charge in [-0.15, -0.1) is 0 Å². The third-order valence-corrected chi connectivity index (χ3v) is 7.27. The number of nitrogens with one attached hydrogen (secondary N) is 1. The second kappa shape index (κ2) is 9.55. The van der Waals surface area contributed by atoms with Crippen LogP contribution in [0.1, 0.15) is 66.4 Å². The van der Waals surface area contributed by atoms with E-state index in [9.17, 15) is 9.59 Å². The van der Waals surface area contributed by atoms with Gasteiger partial charge in [0.15, 0.2) is 5.69 Å². The number of benzene rings is 1. The lowest BCUT2D eigenvalue weighted by atomic mass is 9.95. The monoisotopic (exact) mass is 452 g/mol. The summed E-state index contributed by atoms with van der Waals surface area (Å²) in [5, 5.41) is 3.20. The van der Waals surface area contributed by atoms with Crippen molar-refractivity contribution in [2.24, 2.45) is 5.92 Å². The third kappa shape index (κ3) is 4.62. The molecule has 2 amide bonds. The van der Waals surface area contributed by atoms with Gasteiger partial charge >= 0.3 is 0 Å². The molecule has 1 aliphatic carbocycles. The smallest absolute Gasteiger partial charge is 0.274 e. The zero-order valence-corrected chi connectivity index (χ0v) is 19.2. The summed E-state index contributed by atoms with van der Waals surface area (Å²) in [6.07, 6.45) is 7.66. The number of piperidine rings is 1. The van der Waals surface area contributed by atoms with E-state index in [1.807, 2.05) is 33.7 Å². The normalized spacial score (nSPS) is 21.6. The molecule has 0 radical (unpaired) electrons. The molecule has 1 N–H and O–H groups in total. The average molecular weight is 453 g/mol. The molecule has 2 aliphatic heterocycles. The van der Waals surface area contributed by atoms with Gasteiger partial charge in [-0.05, 0) is 43.4 Å². The van der Waals surface area contributed by atoms with Gasteiger partial charge in [-0.2, -0.15) is 0 Å². The maximum absolute atomic E-state index is 13.2. The topological polar surface area (TPSA) is 85.7 Å². The van der Waals surface area contributed by atoms with Crippen LogP contribution in [0.25, 0.3) is 0 Å². The van der Waals surface area contributed by atoms with E-state index in [1.165, 1.54) is 12.8 Å². The Labute approximate surface area is 194 Å². The minimum Gasteiger partial charge on any atom is -0.497 e. The second-order valence-corrected chi connectivity index (χ2v) is 9.32. The van der Waals surface area contributed by atoms with Crippen LogP contribution in [0.3, 0.4) is 0 Å². The van der Waals surface area contributed by atoms with E-state index >= 15 is 0 Å². The molecule has 1 saturated heterocycles. The first-order valence-electron chi connectivity index (χ1n) is 12.0. The minimum absolute atomic E-state index is 0.000787. The number of hydrogen-bond acceptors (Lipinski definition) is 5. The zero-order valence-electron chi connectivity index (χ0n) is 19.2. The Morgan fingerprint density at radius 1 is 1.09 bits per heavy atom. The van der Waals surface area contributed by atoms with E-state index in [0.29, 0.717) is 50.8 Å². The molecule has 0 bridgehead atoms. The van der Waals surface area contributed by atoms with E-state index in [4.69, 9.17) is 9.47 Å². The van der Waals surface area contributed by atoms with Crippen LogP contribution >= 0.6 is 0 Å². The predicted octanol–water partition coefficient (Wildman–Crippen LogP) is 3.07. The first kappa shape index (κ1) is 21.9. The highest BCUT2D eigenvalue weighted by molar-refractivity contribution is 5.93. The van der Waals surface area contributed by atoms with Crippen molar-refractivity contribution in [2.75, 3.05) is 20.2 Å². The molecule has 1 saturated carbocycles. The van der Waals surface area contributed by atoms with Crippen LogP contribution in [0.15, 0.2) is 30.6 Å². The zero-order chi connectivity index (χ0) is 22.8. The van der Waals surface area contributed by atoms with Crippen molar-refractivity contribution in [3.05, 3.63) is 47.5 Å². The van der Waals surface area contributed by atoms with Crippen LogP contribution in [-0.4, -0.2) is 52.5 Å². The summed E-state index contributed by atoms with van der Waals surface area (Å²) in [6, 6.07) is 8.20. The van der Waals surface area contributed by atoms with Crippen LogP contribution in [0, 0.1) is 5.92 Å². The fourth-order valence-electron chi connectivity index (χ4n) is 5.21. The molecule has 0 spiro atoms. The number of likely N-dealkylation sites (tertiary alicyclic amines) is 1. The van der Waals surface area contributed by atoms with Crippen LogP contribution < -0.4 is 10.1 Å². The molecule has 1 aromatic heterocycles. The molecule has 2 aromatic rings. The summed E-state index contributed by atoms with van der Waals surface area (Å²) in [4.78, 5) is 32.0. The first-order chi connectivity index (χ1) is 16.1. The Balaban J connectivity index is 1.18. The number of hydrogen-bond donors (Lipinski definition) is 1. The summed E-state index contributed by atoms with van der Waals surface area (Å²) in [6.45, 7) is 2.13. The van der Waals surface area contributed by atoms with Gasteiger partial charge in [0.1, 0.15) is 11.9 Å². The first-order valence-corrected chi connectivity index (χ1v) is 12.0. The number of fused-ring (bicyclic) bond motifs is 1. The third-order valence-electron chi connectivity index (χ3n) is 7.27. The van der Waals surface area contributed by atoms with E-state index in [-0.39, 0.29) is 23.8 Å². The fraction of sp³-hybridized carbons (Fsp3) is 0.560. The highest BCUT2D eigenvalue weighted by atomic mass is 16.5. The maximum Gasteiger partial charge on any atom is 0.274 e. The highest BCUT2D eigenvalue weighted by Crippen LogP contribution is 2.30. The van der Waals surface area contributed by atoms with Gasteiger partial charge < -0.3 is 24.3 Å². The molecule has 1 aromatic carbocycles. The van der Waals surface area contributed by atoms with Gasteiger partial charge in [0, 0.05) is 25.0 Å². The second-order valence-electron chi connectivity index (χ2n) is 9.32. The lowest BCUT2D eigenvalue weighted by molar-refractivity contribution is -0.127. The van der Waals surface area contributed by atoms with E-state index in [2.05, 4.69) is 10.3 Å². The standard InChI is InChI=1S/C25H32N4O4/c1-32-20-8-6-17(7-9-20)22-14-29-16-26-23(21(29)15-33-22)25(31)28-12-10-18(11-13-28)24(30)27-19-4-2-3-5-19/h6-9,16,18-19,22H,2-5,10-15H2,1H3,(H,27,30)/t22-/m1/s1. The SMILES string of the molecule is COc1ccc([C@H]2Cn3cnc(C(=O)N4CCC(C(=O)NC5CCCC5)CC4)c3CO2)cc1. The summed E-state index contributed by atoms with van der Waals surface area (Å²) < 4.78 is 13.3. The summed E-state index contributed by atoms with van der Waals surface area (Å²) >= 11 is 0. The van der Waals surface area contributed by atoms with Gasteiger partial charge in [0.05, 0.1) is 32.3 Å². The number of nitrogens with zero attached hydrogens (tertiary/aromatic N) is 3. The number of imidazole rings is 1. The number of aromatic nitrogens is 2. The summed E-state index contributed by atoms with van der Waals surface area (Å²) in [7, 11) is 1.65. The Hall–Kier alpha value is -2.87. The quantitative estimate of drug-likeness (QED) is 0.754. The molecular formula is C25H32N4O4. The molecule has 8 nitrogen and oxygen atoms in total. The van der Waals surface area contributed by atoms with Gasteiger partial charge in [-0.25, -0.2) is 4.98 Å². The van der Waals surface area contributed by atoms with Crippen LogP contribution in [0.4, 0.5) is 0 Å². The van der Waals surface area contributed by atoms with Crippen molar-refractivity contribution < 1.29 is 19.1 Å². The van der Waals surface area contributed by atoms with E-state index in [0.717, 1.165) is 29.8 Å². The number of amides is 2. The minimum atomic E-state index is -0.0883. The molecule has 176 valence electrons.